The summed E-state index contributed by atoms with van der Waals surface area (Å²) in [5.74, 6) is 4.38. The zero-order valence-electron chi connectivity index (χ0n) is 11.0. The summed E-state index contributed by atoms with van der Waals surface area (Å²) in [6.45, 7) is 0. The van der Waals surface area contributed by atoms with Crippen molar-refractivity contribution >= 4 is 34.8 Å². The van der Waals surface area contributed by atoms with E-state index in [9.17, 15) is 9.59 Å². The quantitative estimate of drug-likeness (QED) is 0.445. The first-order valence-electron chi connectivity index (χ1n) is 6.20. The lowest BCUT2D eigenvalue weighted by Gasteiger charge is -2.16. The van der Waals surface area contributed by atoms with Gasteiger partial charge in [-0.25, -0.2) is 5.84 Å². The monoisotopic (exact) mass is 323 g/mol. The van der Waals surface area contributed by atoms with E-state index in [1.807, 2.05) is 30.3 Å². The number of carbonyl (C=O) groups excluding carboxylic acids is 2. The second-order valence-electron chi connectivity index (χ2n) is 4.33. The van der Waals surface area contributed by atoms with Gasteiger partial charge in [-0.05, 0) is 17.7 Å². The highest BCUT2D eigenvalue weighted by Crippen LogP contribution is 2.21. The standard InChI is InChI=1S/C14H14ClN3O2S/c15-12-7-6-11(21-12)14(20)17-10(13(19)18-16)8-9-4-2-1-3-5-9/h1-7,10H,8,16H2,(H,17,20)(H,18,19)/t10-/m0/s1. The first-order valence-corrected chi connectivity index (χ1v) is 7.40. The minimum atomic E-state index is -0.745. The molecule has 0 unspecified atom stereocenters. The molecule has 0 fully saturated rings. The van der Waals surface area contributed by atoms with Gasteiger partial charge in [-0.15, -0.1) is 11.3 Å². The Morgan fingerprint density at radius 3 is 2.48 bits per heavy atom. The lowest BCUT2D eigenvalue weighted by atomic mass is 10.1. The molecule has 0 aliphatic rings. The molecule has 110 valence electrons. The summed E-state index contributed by atoms with van der Waals surface area (Å²) in [4.78, 5) is 24.4. The highest BCUT2D eigenvalue weighted by atomic mass is 35.5. The maximum absolute atomic E-state index is 12.1. The number of carbonyl (C=O) groups is 2. The first-order chi connectivity index (χ1) is 10.1. The van der Waals surface area contributed by atoms with Crippen LogP contribution < -0.4 is 16.6 Å². The van der Waals surface area contributed by atoms with Crippen molar-refractivity contribution in [2.45, 2.75) is 12.5 Å². The summed E-state index contributed by atoms with van der Waals surface area (Å²) >= 11 is 6.95. The largest absolute Gasteiger partial charge is 0.339 e. The number of thiophene rings is 1. The van der Waals surface area contributed by atoms with E-state index in [1.165, 1.54) is 0 Å². The third kappa shape index (κ3) is 4.29. The van der Waals surface area contributed by atoms with E-state index in [2.05, 4.69) is 10.7 Å². The molecule has 5 nitrogen and oxygen atoms in total. The van der Waals surface area contributed by atoms with Crippen LogP contribution in [0, 0.1) is 0 Å². The number of rotatable bonds is 5. The number of hydrogen-bond acceptors (Lipinski definition) is 4. The Balaban J connectivity index is 2.09. The van der Waals surface area contributed by atoms with Crippen molar-refractivity contribution in [3.05, 3.63) is 57.2 Å². The molecule has 21 heavy (non-hydrogen) atoms. The van der Waals surface area contributed by atoms with Gasteiger partial charge in [0.25, 0.3) is 11.8 Å². The highest BCUT2D eigenvalue weighted by Gasteiger charge is 2.21. The van der Waals surface area contributed by atoms with Gasteiger partial charge in [-0.1, -0.05) is 41.9 Å². The molecule has 7 heteroatoms. The summed E-state index contributed by atoms with van der Waals surface area (Å²) < 4.78 is 0.517. The fraction of sp³-hybridized carbons (Fsp3) is 0.143. The van der Waals surface area contributed by atoms with Crippen molar-refractivity contribution < 1.29 is 9.59 Å². The van der Waals surface area contributed by atoms with Crippen molar-refractivity contribution in [1.82, 2.24) is 10.7 Å². The third-order valence-corrected chi connectivity index (χ3v) is 4.07. The SMILES string of the molecule is NNC(=O)[C@H](Cc1ccccc1)NC(=O)c1ccc(Cl)s1. The summed E-state index contributed by atoms with van der Waals surface area (Å²) in [6.07, 6.45) is 0.356. The van der Waals surface area contributed by atoms with E-state index < -0.39 is 11.9 Å². The summed E-state index contributed by atoms with van der Waals surface area (Å²) in [5, 5.41) is 2.67. The molecule has 4 N–H and O–H groups in total. The second kappa shape index (κ2) is 7.21. The number of hydrazine groups is 1. The normalized spacial score (nSPS) is 11.7. The molecule has 0 radical (unpaired) electrons. The lowest BCUT2D eigenvalue weighted by molar-refractivity contribution is -0.123. The average Bonchev–Trinajstić information content (AvgIpc) is 2.93. The van der Waals surface area contributed by atoms with Crippen LogP contribution >= 0.6 is 22.9 Å². The van der Waals surface area contributed by atoms with Gasteiger partial charge in [-0.3, -0.25) is 15.0 Å². The average molecular weight is 324 g/mol. The van der Waals surface area contributed by atoms with Crippen LogP contribution in [0.25, 0.3) is 0 Å². The highest BCUT2D eigenvalue weighted by molar-refractivity contribution is 7.18. The third-order valence-electron chi connectivity index (χ3n) is 2.84. The van der Waals surface area contributed by atoms with Gasteiger partial charge >= 0.3 is 0 Å². The molecule has 0 aliphatic carbocycles. The zero-order chi connectivity index (χ0) is 15.2. The Kier molecular flexibility index (Phi) is 5.32. The van der Waals surface area contributed by atoms with Gasteiger partial charge in [0.05, 0.1) is 9.21 Å². The summed E-state index contributed by atoms with van der Waals surface area (Å²) in [5.41, 5.74) is 3.00. The van der Waals surface area contributed by atoms with Crippen molar-refractivity contribution in [2.24, 2.45) is 5.84 Å². The van der Waals surface area contributed by atoms with E-state index in [1.54, 1.807) is 12.1 Å². The van der Waals surface area contributed by atoms with Crippen LogP contribution in [0.1, 0.15) is 15.2 Å². The Morgan fingerprint density at radius 2 is 1.90 bits per heavy atom. The molecular formula is C14H14ClN3O2S. The van der Waals surface area contributed by atoms with E-state index >= 15 is 0 Å². The van der Waals surface area contributed by atoms with Crippen LogP contribution in [0.5, 0.6) is 0 Å². The number of nitrogens with one attached hydrogen (secondary N) is 2. The van der Waals surface area contributed by atoms with Gasteiger partial charge in [0.2, 0.25) is 0 Å². The minimum Gasteiger partial charge on any atom is -0.339 e. The van der Waals surface area contributed by atoms with Crippen LogP contribution in [0.4, 0.5) is 0 Å². The van der Waals surface area contributed by atoms with Crippen LogP contribution in [-0.4, -0.2) is 17.9 Å². The number of nitrogens with two attached hydrogens (primary N) is 1. The molecule has 1 heterocycles. The predicted molar refractivity (Wildman–Crippen MR) is 83.1 cm³/mol. The number of benzene rings is 1. The zero-order valence-corrected chi connectivity index (χ0v) is 12.6. The Bertz CT molecular complexity index is 630. The van der Waals surface area contributed by atoms with Crippen molar-refractivity contribution in [2.75, 3.05) is 0 Å². The fourth-order valence-electron chi connectivity index (χ4n) is 1.83. The number of amides is 2. The van der Waals surface area contributed by atoms with Crippen molar-refractivity contribution in [3.63, 3.8) is 0 Å². The number of halogens is 1. The smallest absolute Gasteiger partial charge is 0.262 e. The maximum atomic E-state index is 12.1. The molecule has 1 atom stereocenters. The Labute approximate surface area is 131 Å². The molecular weight excluding hydrogens is 310 g/mol. The van der Waals surface area contributed by atoms with E-state index in [0.29, 0.717) is 15.6 Å². The molecule has 2 aromatic rings. The van der Waals surface area contributed by atoms with Gasteiger partial charge in [0.15, 0.2) is 0 Å². The molecule has 2 rings (SSSR count). The molecule has 0 saturated heterocycles. The molecule has 0 saturated carbocycles. The van der Waals surface area contributed by atoms with Crippen LogP contribution in [0.15, 0.2) is 42.5 Å². The van der Waals surface area contributed by atoms with E-state index in [0.717, 1.165) is 16.9 Å². The first kappa shape index (κ1) is 15.5. The van der Waals surface area contributed by atoms with Gasteiger partial charge in [0.1, 0.15) is 6.04 Å². The van der Waals surface area contributed by atoms with Gasteiger partial charge in [0, 0.05) is 6.42 Å². The molecule has 1 aromatic carbocycles. The molecule has 0 spiro atoms. The predicted octanol–water partition coefficient (Wildman–Crippen LogP) is 1.73. The molecule has 0 aliphatic heterocycles. The Morgan fingerprint density at radius 1 is 1.19 bits per heavy atom. The van der Waals surface area contributed by atoms with Gasteiger partial charge < -0.3 is 5.32 Å². The van der Waals surface area contributed by atoms with Crippen molar-refractivity contribution in [3.8, 4) is 0 Å². The number of hydrogen-bond donors (Lipinski definition) is 3. The topological polar surface area (TPSA) is 84.2 Å². The lowest BCUT2D eigenvalue weighted by Crippen LogP contribution is -2.49. The summed E-state index contributed by atoms with van der Waals surface area (Å²) in [7, 11) is 0. The van der Waals surface area contributed by atoms with Crippen LogP contribution in [0.3, 0.4) is 0 Å². The summed E-state index contributed by atoms with van der Waals surface area (Å²) in [6, 6.07) is 11.9. The van der Waals surface area contributed by atoms with Gasteiger partial charge in [-0.2, -0.15) is 0 Å². The second-order valence-corrected chi connectivity index (χ2v) is 6.04. The van der Waals surface area contributed by atoms with Crippen molar-refractivity contribution in [1.29, 1.82) is 0 Å². The fourth-order valence-corrected chi connectivity index (χ4v) is 2.77. The van der Waals surface area contributed by atoms with E-state index in [4.69, 9.17) is 17.4 Å². The Hall–Kier alpha value is -1.89. The minimum absolute atomic E-state index is 0.351. The van der Waals surface area contributed by atoms with Crippen LogP contribution in [-0.2, 0) is 11.2 Å². The molecule has 1 aromatic heterocycles. The maximum Gasteiger partial charge on any atom is 0.262 e. The molecule has 2 amide bonds. The molecule has 0 bridgehead atoms. The van der Waals surface area contributed by atoms with Crippen LogP contribution in [0.2, 0.25) is 4.34 Å². The van der Waals surface area contributed by atoms with E-state index in [-0.39, 0.29) is 5.91 Å².